The average Bonchev–Trinajstić information content (AvgIpc) is 3.09. The van der Waals surface area contributed by atoms with Crippen molar-refractivity contribution in [2.24, 2.45) is 0 Å². The maximum Gasteiger partial charge on any atom is 0.0957 e. The number of rotatable bonds is 7. The highest BCUT2D eigenvalue weighted by Crippen LogP contribution is 2.20. The highest BCUT2D eigenvalue weighted by atomic mass is 16.5. The van der Waals surface area contributed by atoms with Crippen LogP contribution in [0.2, 0.25) is 0 Å². The molecular weight excluding hydrogens is 336 g/mol. The topological polar surface area (TPSA) is 54.0 Å². The predicted molar refractivity (Wildman–Crippen MR) is 108 cm³/mol. The van der Waals surface area contributed by atoms with E-state index < -0.39 is 0 Å². The first-order valence-electron chi connectivity index (χ1n) is 9.96. The molecule has 0 amide bonds. The number of unbranched alkanes of at least 4 members (excludes halogenated alkanes) is 1. The van der Waals surface area contributed by atoms with Crippen molar-refractivity contribution >= 4 is 10.9 Å². The number of hydrogen-bond donors (Lipinski definition) is 1. The third-order valence-corrected chi connectivity index (χ3v) is 5.39. The molecule has 1 saturated heterocycles. The van der Waals surface area contributed by atoms with Crippen LogP contribution in [0, 0.1) is 6.92 Å². The van der Waals surface area contributed by atoms with Gasteiger partial charge in [0.1, 0.15) is 0 Å². The maximum atomic E-state index is 5.42. The van der Waals surface area contributed by atoms with Gasteiger partial charge in [0.05, 0.1) is 24.4 Å². The first-order valence-corrected chi connectivity index (χ1v) is 9.96. The Balaban J connectivity index is 1.26. The molecule has 1 N–H and O–H groups in total. The number of fused-ring (bicyclic) bond motifs is 1. The molecule has 3 aromatic rings. The number of hydrogen-bond acceptors (Lipinski definition) is 4. The molecule has 2 aromatic heterocycles. The average molecular weight is 364 g/mol. The summed E-state index contributed by atoms with van der Waals surface area (Å²) in [6.07, 6.45) is 6.32. The lowest BCUT2D eigenvalue weighted by molar-refractivity contribution is 0.0342. The number of H-pyrrole nitrogens is 1. The number of pyridine rings is 1. The van der Waals surface area contributed by atoms with Crippen LogP contribution in [0.15, 0.2) is 36.5 Å². The first kappa shape index (κ1) is 18.1. The fraction of sp³-hybridized carbons (Fsp3) is 0.455. The van der Waals surface area contributed by atoms with Gasteiger partial charge in [0.25, 0.3) is 0 Å². The minimum atomic E-state index is 0.860. The molecule has 5 nitrogen and oxygen atoms in total. The molecule has 0 saturated carbocycles. The minimum absolute atomic E-state index is 0.860. The fourth-order valence-electron chi connectivity index (χ4n) is 3.84. The summed E-state index contributed by atoms with van der Waals surface area (Å²) < 4.78 is 5.42. The largest absolute Gasteiger partial charge is 0.379 e. The Kier molecular flexibility index (Phi) is 5.80. The van der Waals surface area contributed by atoms with Gasteiger partial charge in [0.15, 0.2) is 0 Å². The molecule has 5 heteroatoms. The standard InChI is InChI=1S/C22H28N4O/c1-17-22-20(23-11-10-21(22)25-24-17)5-3-2-4-18-6-8-19(9-7-18)16-26-12-14-27-15-13-26/h6-11H,2-5,12-16H2,1H3,(H,24,25). The van der Waals surface area contributed by atoms with Crippen molar-refractivity contribution in [1.82, 2.24) is 20.1 Å². The molecule has 0 aliphatic carbocycles. The lowest BCUT2D eigenvalue weighted by atomic mass is 10.0. The van der Waals surface area contributed by atoms with Crippen molar-refractivity contribution in [2.75, 3.05) is 26.3 Å². The van der Waals surface area contributed by atoms with E-state index in [1.165, 1.54) is 28.6 Å². The molecule has 0 bridgehead atoms. The summed E-state index contributed by atoms with van der Waals surface area (Å²) in [6, 6.07) is 11.1. The summed E-state index contributed by atoms with van der Waals surface area (Å²) in [5, 5.41) is 8.60. The van der Waals surface area contributed by atoms with Crippen molar-refractivity contribution in [2.45, 2.75) is 39.2 Å². The molecule has 27 heavy (non-hydrogen) atoms. The van der Waals surface area contributed by atoms with E-state index in [0.29, 0.717) is 0 Å². The maximum absolute atomic E-state index is 5.42. The zero-order chi connectivity index (χ0) is 18.5. The quantitative estimate of drug-likeness (QED) is 0.650. The van der Waals surface area contributed by atoms with E-state index in [2.05, 4.69) is 51.3 Å². The van der Waals surface area contributed by atoms with Gasteiger partial charge in [-0.2, -0.15) is 5.10 Å². The van der Waals surface area contributed by atoms with E-state index in [0.717, 1.165) is 63.3 Å². The molecule has 1 fully saturated rings. The second-order valence-electron chi connectivity index (χ2n) is 7.41. The Morgan fingerprint density at radius 3 is 2.56 bits per heavy atom. The van der Waals surface area contributed by atoms with Crippen molar-refractivity contribution in [3.8, 4) is 0 Å². The Labute approximate surface area is 160 Å². The molecule has 4 rings (SSSR count). The number of aromatic nitrogens is 3. The van der Waals surface area contributed by atoms with E-state index in [1.807, 2.05) is 12.3 Å². The van der Waals surface area contributed by atoms with Gasteiger partial charge >= 0.3 is 0 Å². The SMILES string of the molecule is Cc1[nH]nc2ccnc(CCCCc3ccc(CN4CCOCC4)cc3)c12. The van der Waals surface area contributed by atoms with Gasteiger partial charge in [-0.1, -0.05) is 24.3 Å². The number of morpholine rings is 1. The van der Waals surface area contributed by atoms with Gasteiger partial charge in [-0.15, -0.1) is 0 Å². The molecule has 0 unspecified atom stereocenters. The molecule has 0 atom stereocenters. The van der Waals surface area contributed by atoms with Gasteiger partial charge in [0, 0.05) is 36.9 Å². The summed E-state index contributed by atoms with van der Waals surface area (Å²) in [7, 11) is 0. The van der Waals surface area contributed by atoms with E-state index >= 15 is 0 Å². The molecular formula is C22H28N4O. The van der Waals surface area contributed by atoms with Gasteiger partial charge in [0.2, 0.25) is 0 Å². The van der Waals surface area contributed by atoms with E-state index in [9.17, 15) is 0 Å². The third-order valence-electron chi connectivity index (χ3n) is 5.39. The second-order valence-corrected chi connectivity index (χ2v) is 7.41. The molecule has 3 heterocycles. The van der Waals surface area contributed by atoms with Crippen LogP contribution in [0.5, 0.6) is 0 Å². The molecule has 1 aliphatic heterocycles. The van der Waals surface area contributed by atoms with Crippen LogP contribution in [0.1, 0.15) is 35.4 Å². The number of benzene rings is 1. The molecule has 1 aromatic carbocycles. The van der Waals surface area contributed by atoms with Gasteiger partial charge < -0.3 is 4.74 Å². The highest BCUT2D eigenvalue weighted by Gasteiger charge is 2.11. The van der Waals surface area contributed by atoms with Crippen LogP contribution in [-0.2, 0) is 24.1 Å². The lowest BCUT2D eigenvalue weighted by Gasteiger charge is -2.26. The Morgan fingerprint density at radius 1 is 1.00 bits per heavy atom. The van der Waals surface area contributed by atoms with Crippen molar-refractivity contribution in [1.29, 1.82) is 0 Å². The number of nitrogens with zero attached hydrogens (tertiary/aromatic N) is 3. The van der Waals surface area contributed by atoms with Crippen LogP contribution in [0.25, 0.3) is 10.9 Å². The Morgan fingerprint density at radius 2 is 1.74 bits per heavy atom. The minimum Gasteiger partial charge on any atom is -0.379 e. The molecule has 0 radical (unpaired) electrons. The lowest BCUT2D eigenvalue weighted by Crippen LogP contribution is -2.35. The van der Waals surface area contributed by atoms with E-state index in [4.69, 9.17) is 4.74 Å². The van der Waals surface area contributed by atoms with E-state index in [1.54, 1.807) is 0 Å². The van der Waals surface area contributed by atoms with Gasteiger partial charge in [-0.3, -0.25) is 15.0 Å². The van der Waals surface area contributed by atoms with Crippen LogP contribution < -0.4 is 0 Å². The van der Waals surface area contributed by atoms with Crippen molar-refractivity contribution < 1.29 is 4.74 Å². The predicted octanol–water partition coefficient (Wildman–Crippen LogP) is 3.66. The van der Waals surface area contributed by atoms with Crippen LogP contribution >= 0.6 is 0 Å². The Bertz CT molecular complexity index is 866. The normalized spacial score (nSPS) is 15.4. The smallest absolute Gasteiger partial charge is 0.0957 e. The monoisotopic (exact) mass is 364 g/mol. The summed E-state index contributed by atoms with van der Waals surface area (Å²) in [4.78, 5) is 7.04. The van der Waals surface area contributed by atoms with E-state index in [-0.39, 0.29) is 0 Å². The summed E-state index contributed by atoms with van der Waals surface area (Å²) in [6.45, 7) is 6.90. The van der Waals surface area contributed by atoms with Gasteiger partial charge in [-0.05, 0) is 49.8 Å². The molecule has 1 aliphatic rings. The van der Waals surface area contributed by atoms with Crippen LogP contribution in [-0.4, -0.2) is 46.4 Å². The van der Waals surface area contributed by atoms with Crippen molar-refractivity contribution in [3.63, 3.8) is 0 Å². The summed E-state index contributed by atoms with van der Waals surface area (Å²) >= 11 is 0. The van der Waals surface area contributed by atoms with Crippen molar-refractivity contribution in [3.05, 3.63) is 59.0 Å². The third kappa shape index (κ3) is 4.54. The van der Waals surface area contributed by atoms with Crippen LogP contribution in [0.3, 0.4) is 0 Å². The Hall–Kier alpha value is -2.24. The first-order chi connectivity index (χ1) is 13.3. The highest BCUT2D eigenvalue weighted by molar-refractivity contribution is 5.83. The molecule has 142 valence electrons. The van der Waals surface area contributed by atoms with Gasteiger partial charge in [-0.25, -0.2) is 0 Å². The fourth-order valence-corrected chi connectivity index (χ4v) is 3.84. The second kappa shape index (κ2) is 8.63. The number of ether oxygens (including phenoxy) is 1. The van der Waals surface area contributed by atoms with Crippen LogP contribution in [0.4, 0.5) is 0 Å². The number of aryl methyl sites for hydroxylation is 3. The zero-order valence-corrected chi connectivity index (χ0v) is 16.1. The molecule has 0 spiro atoms. The zero-order valence-electron chi connectivity index (χ0n) is 16.1. The number of aromatic amines is 1. The summed E-state index contributed by atoms with van der Waals surface area (Å²) in [5.74, 6) is 0. The summed E-state index contributed by atoms with van der Waals surface area (Å²) in [5.41, 5.74) is 6.12. The number of nitrogens with one attached hydrogen (secondary N) is 1.